The number of nitrogens with two attached hydrogens (primary N) is 1. The number of benzene rings is 1. The van der Waals surface area contributed by atoms with Gasteiger partial charge in [-0.05, 0) is 18.7 Å². The van der Waals surface area contributed by atoms with Gasteiger partial charge in [-0.1, -0.05) is 19.1 Å². The molecule has 0 bridgehead atoms. The number of hydrogen-bond donors (Lipinski definition) is 2. The number of hydrogen-bond acceptors (Lipinski definition) is 4. The monoisotopic (exact) mass is 263 g/mol. The van der Waals surface area contributed by atoms with Crippen molar-refractivity contribution in [3.8, 4) is 0 Å². The summed E-state index contributed by atoms with van der Waals surface area (Å²) >= 11 is 0. The van der Waals surface area contributed by atoms with Gasteiger partial charge in [0.1, 0.15) is 0 Å². The molecule has 0 saturated carbocycles. The topological polar surface area (TPSA) is 67.6 Å². The molecule has 0 aliphatic carbocycles. The molecular weight excluding hydrogens is 242 g/mol. The number of rotatable bonds is 4. The summed E-state index contributed by atoms with van der Waals surface area (Å²) < 4.78 is 5.64. The first kappa shape index (κ1) is 13.8. The molecule has 1 aromatic rings. The summed E-state index contributed by atoms with van der Waals surface area (Å²) in [7, 11) is 0. The molecule has 0 radical (unpaired) electrons. The molecule has 0 aromatic heterocycles. The quantitative estimate of drug-likeness (QED) is 0.786. The van der Waals surface area contributed by atoms with Crippen LogP contribution >= 0.6 is 0 Å². The summed E-state index contributed by atoms with van der Waals surface area (Å²) in [5.41, 5.74) is 6.79. The van der Waals surface area contributed by atoms with Crippen molar-refractivity contribution in [3.63, 3.8) is 0 Å². The van der Waals surface area contributed by atoms with Gasteiger partial charge in [0.25, 0.3) is 5.91 Å². The zero-order valence-corrected chi connectivity index (χ0v) is 11.3. The highest BCUT2D eigenvalue weighted by Gasteiger charge is 2.20. The van der Waals surface area contributed by atoms with Gasteiger partial charge < -0.3 is 15.8 Å². The lowest BCUT2D eigenvalue weighted by molar-refractivity contribution is -0.0246. The van der Waals surface area contributed by atoms with Gasteiger partial charge in [0, 0.05) is 25.3 Å². The molecule has 1 unspecified atom stereocenters. The van der Waals surface area contributed by atoms with E-state index in [2.05, 4.69) is 17.1 Å². The molecule has 2 rings (SSSR count). The van der Waals surface area contributed by atoms with Crippen molar-refractivity contribution in [2.24, 2.45) is 0 Å². The molecule has 1 aromatic carbocycles. The standard InChI is InChI=1S/C14H21N3O2/c1-2-17-7-8-19-11(10-17)9-16-14(18)12-5-3-4-6-13(12)15/h3-6,11H,2,7-10,15H2,1H3,(H,16,18). The number of nitrogens with one attached hydrogen (secondary N) is 1. The molecule has 1 heterocycles. The summed E-state index contributed by atoms with van der Waals surface area (Å²) in [5.74, 6) is -0.143. The predicted octanol–water partition coefficient (Wildman–Crippen LogP) is 0.719. The Hall–Kier alpha value is -1.59. The number of ether oxygens (including phenoxy) is 1. The van der Waals surface area contributed by atoms with Crippen molar-refractivity contribution < 1.29 is 9.53 Å². The minimum atomic E-state index is -0.143. The van der Waals surface area contributed by atoms with Crippen LogP contribution in [0.15, 0.2) is 24.3 Å². The molecule has 0 spiro atoms. The van der Waals surface area contributed by atoms with Crippen molar-refractivity contribution in [2.75, 3.05) is 38.5 Å². The fourth-order valence-corrected chi connectivity index (χ4v) is 2.20. The fraction of sp³-hybridized carbons (Fsp3) is 0.500. The van der Waals surface area contributed by atoms with Gasteiger partial charge in [-0.2, -0.15) is 0 Å². The van der Waals surface area contributed by atoms with Crippen molar-refractivity contribution in [1.29, 1.82) is 0 Å². The van der Waals surface area contributed by atoms with Crippen molar-refractivity contribution >= 4 is 11.6 Å². The maximum absolute atomic E-state index is 12.0. The molecule has 1 atom stereocenters. The van der Waals surface area contributed by atoms with Crippen LogP contribution in [0.3, 0.4) is 0 Å². The van der Waals surface area contributed by atoms with Gasteiger partial charge >= 0.3 is 0 Å². The van der Waals surface area contributed by atoms with Crippen molar-refractivity contribution in [3.05, 3.63) is 29.8 Å². The number of likely N-dealkylation sites (N-methyl/N-ethyl adjacent to an activating group) is 1. The smallest absolute Gasteiger partial charge is 0.253 e. The average molecular weight is 263 g/mol. The van der Waals surface area contributed by atoms with E-state index >= 15 is 0 Å². The molecule has 1 aliphatic rings. The van der Waals surface area contributed by atoms with Crippen molar-refractivity contribution in [1.82, 2.24) is 10.2 Å². The van der Waals surface area contributed by atoms with Gasteiger partial charge in [-0.25, -0.2) is 0 Å². The average Bonchev–Trinajstić information content (AvgIpc) is 2.45. The third-order valence-corrected chi connectivity index (χ3v) is 3.37. The number of nitrogens with zero attached hydrogens (tertiary/aromatic N) is 1. The molecule has 1 aliphatic heterocycles. The molecule has 104 valence electrons. The van der Waals surface area contributed by atoms with Crippen LogP contribution in [0.1, 0.15) is 17.3 Å². The highest BCUT2D eigenvalue weighted by atomic mass is 16.5. The van der Waals surface area contributed by atoms with E-state index in [1.54, 1.807) is 18.2 Å². The van der Waals surface area contributed by atoms with Gasteiger partial charge in [0.05, 0.1) is 18.3 Å². The van der Waals surface area contributed by atoms with Gasteiger partial charge in [0.15, 0.2) is 0 Å². The summed E-state index contributed by atoms with van der Waals surface area (Å²) in [5, 5.41) is 2.88. The Morgan fingerprint density at radius 1 is 1.53 bits per heavy atom. The largest absolute Gasteiger partial charge is 0.398 e. The van der Waals surface area contributed by atoms with Gasteiger partial charge in [0.2, 0.25) is 0 Å². The minimum absolute atomic E-state index is 0.0580. The lowest BCUT2D eigenvalue weighted by Gasteiger charge is -2.32. The Bertz CT molecular complexity index is 436. The van der Waals surface area contributed by atoms with Crippen LogP contribution < -0.4 is 11.1 Å². The molecule has 3 N–H and O–H groups in total. The zero-order valence-electron chi connectivity index (χ0n) is 11.3. The Balaban J connectivity index is 1.85. The number of carbonyl (C=O) groups excluding carboxylic acids is 1. The predicted molar refractivity (Wildman–Crippen MR) is 75.0 cm³/mol. The van der Waals surface area contributed by atoms with E-state index < -0.39 is 0 Å². The van der Waals surface area contributed by atoms with Crippen LogP contribution in [0.2, 0.25) is 0 Å². The van der Waals surface area contributed by atoms with Crippen LogP contribution in [0.4, 0.5) is 5.69 Å². The normalized spacial score (nSPS) is 20.2. The maximum Gasteiger partial charge on any atom is 0.253 e. The zero-order chi connectivity index (χ0) is 13.7. The Morgan fingerprint density at radius 2 is 2.32 bits per heavy atom. The van der Waals surface area contributed by atoms with E-state index in [-0.39, 0.29) is 12.0 Å². The van der Waals surface area contributed by atoms with Crippen LogP contribution in [-0.2, 0) is 4.74 Å². The number of nitrogen functional groups attached to an aromatic ring is 1. The second kappa shape index (κ2) is 6.54. The lowest BCUT2D eigenvalue weighted by atomic mass is 10.1. The van der Waals surface area contributed by atoms with E-state index in [1.807, 2.05) is 6.07 Å². The maximum atomic E-state index is 12.0. The number of amides is 1. The first-order chi connectivity index (χ1) is 9.20. The highest BCUT2D eigenvalue weighted by molar-refractivity contribution is 5.99. The number of para-hydroxylation sites is 1. The second-order valence-corrected chi connectivity index (χ2v) is 4.68. The second-order valence-electron chi connectivity index (χ2n) is 4.68. The Kier molecular flexibility index (Phi) is 4.76. The van der Waals surface area contributed by atoms with Crippen LogP contribution in [0, 0.1) is 0 Å². The van der Waals surface area contributed by atoms with Crippen LogP contribution in [0.5, 0.6) is 0 Å². The van der Waals surface area contributed by atoms with E-state index in [0.717, 1.165) is 26.2 Å². The molecule has 5 nitrogen and oxygen atoms in total. The SMILES string of the molecule is CCN1CCOC(CNC(=O)c2ccccc2N)C1. The molecular formula is C14H21N3O2. The van der Waals surface area contributed by atoms with Crippen LogP contribution in [0.25, 0.3) is 0 Å². The molecule has 1 fully saturated rings. The molecule has 5 heteroatoms. The third-order valence-electron chi connectivity index (χ3n) is 3.37. The minimum Gasteiger partial charge on any atom is -0.398 e. The summed E-state index contributed by atoms with van der Waals surface area (Å²) in [6.45, 7) is 6.21. The van der Waals surface area contributed by atoms with Gasteiger partial charge in [-0.3, -0.25) is 9.69 Å². The first-order valence-electron chi connectivity index (χ1n) is 6.67. The van der Waals surface area contributed by atoms with Crippen molar-refractivity contribution in [2.45, 2.75) is 13.0 Å². The molecule has 1 saturated heterocycles. The number of morpholine rings is 1. The van der Waals surface area contributed by atoms with Crippen LogP contribution in [-0.4, -0.2) is 49.7 Å². The molecule has 1 amide bonds. The Labute approximate surface area is 113 Å². The summed E-state index contributed by atoms with van der Waals surface area (Å²) in [4.78, 5) is 14.3. The third kappa shape index (κ3) is 3.68. The Morgan fingerprint density at radius 3 is 3.05 bits per heavy atom. The fourth-order valence-electron chi connectivity index (χ4n) is 2.20. The highest BCUT2D eigenvalue weighted by Crippen LogP contribution is 2.10. The van der Waals surface area contributed by atoms with E-state index in [1.165, 1.54) is 0 Å². The molecule has 19 heavy (non-hydrogen) atoms. The number of carbonyl (C=O) groups is 1. The number of anilines is 1. The van der Waals surface area contributed by atoms with E-state index in [9.17, 15) is 4.79 Å². The summed E-state index contributed by atoms with van der Waals surface area (Å²) in [6.07, 6.45) is 0.0580. The van der Waals surface area contributed by atoms with E-state index in [4.69, 9.17) is 10.5 Å². The van der Waals surface area contributed by atoms with E-state index in [0.29, 0.717) is 17.8 Å². The summed E-state index contributed by atoms with van der Waals surface area (Å²) in [6, 6.07) is 7.08. The lowest BCUT2D eigenvalue weighted by Crippen LogP contribution is -2.47. The first-order valence-corrected chi connectivity index (χ1v) is 6.67. The van der Waals surface area contributed by atoms with Gasteiger partial charge in [-0.15, -0.1) is 0 Å².